The van der Waals surface area contributed by atoms with Crippen LogP contribution < -0.4 is 10.6 Å². The second kappa shape index (κ2) is 9.87. The van der Waals surface area contributed by atoms with Crippen LogP contribution in [0.15, 0.2) is 6.07 Å². The number of hydrogen-bond donors (Lipinski definition) is 3. The van der Waals surface area contributed by atoms with E-state index in [2.05, 4.69) is 21.7 Å². The molecule has 3 heterocycles. The maximum atomic E-state index is 13.5. The molecule has 10 heteroatoms. The fourth-order valence-corrected chi connectivity index (χ4v) is 5.65. The van der Waals surface area contributed by atoms with Gasteiger partial charge in [-0.1, -0.05) is 6.42 Å². The highest BCUT2D eigenvalue weighted by Crippen LogP contribution is 2.43. The van der Waals surface area contributed by atoms with Gasteiger partial charge in [0.05, 0.1) is 18.2 Å². The number of nitrogens with one attached hydrogen (secondary N) is 3. The molecule has 0 bridgehead atoms. The van der Waals surface area contributed by atoms with Crippen LogP contribution in [0.4, 0.5) is 0 Å². The molecule has 2 saturated heterocycles. The average molecular weight is 470 g/mol. The van der Waals surface area contributed by atoms with E-state index in [-0.39, 0.29) is 54.2 Å². The lowest BCUT2D eigenvalue weighted by molar-refractivity contribution is -0.127. The van der Waals surface area contributed by atoms with Gasteiger partial charge in [-0.15, -0.1) is 0 Å². The van der Waals surface area contributed by atoms with E-state index < -0.39 is 18.1 Å². The van der Waals surface area contributed by atoms with Gasteiger partial charge in [0.2, 0.25) is 11.8 Å². The van der Waals surface area contributed by atoms with E-state index >= 15 is 0 Å². The Kier molecular flexibility index (Phi) is 6.91. The van der Waals surface area contributed by atoms with Crippen molar-refractivity contribution in [1.29, 1.82) is 5.26 Å². The number of rotatable bonds is 7. The van der Waals surface area contributed by atoms with Crippen LogP contribution in [0.5, 0.6) is 0 Å². The second-order valence-electron chi connectivity index (χ2n) is 9.40. The number of aryl methyl sites for hydroxylation is 1. The Balaban J connectivity index is 1.52. The van der Waals surface area contributed by atoms with Crippen molar-refractivity contribution in [3.05, 3.63) is 23.0 Å². The lowest BCUT2D eigenvalue weighted by Crippen LogP contribution is -2.51. The van der Waals surface area contributed by atoms with Crippen LogP contribution in [0.25, 0.3) is 0 Å². The van der Waals surface area contributed by atoms with Crippen molar-refractivity contribution in [2.24, 2.45) is 17.8 Å². The molecule has 2 aliphatic heterocycles. The maximum absolute atomic E-state index is 13.5. The largest absolute Gasteiger partial charge is 0.462 e. The lowest BCUT2D eigenvalue weighted by atomic mass is 9.92. The van der Waals surface area contributed by atoms with Crippen LogP contribution >= 0.6 is 0 Å². The Morgan fingerprint density at radius 2 is 2.12 bits per heavy atom. The average Bonchev–Trinajstić information content (AvgIpc) is 3.57. The first-order valence-electron chi connectivity index (χ1n) is 12.0. The van der Waals surface area contributed by atoms with Gasteiger partial charge in [0.15, 0.2) is 0 Å². The highest BCUT2D eigenvalue weighted by Gasteiger charge is 2.50. The molecule has 1 aromatic heterocycles. The van der Waals surface area contributed by atoms with Crippen LogP contribution in [-0.4, -0.2) is 65.4 Å². The van der Waals surface area contributed by atoms with Crippen molar-refractivity contribution in [3.8, 4) is 6.07 Å². The summed E-state index contributed by atoms with van der Waals surface area (Å²) in [5.41, 5.74) is 1.06. The SMILES string of the molecule is CCOC(=O)c1cc(C(=O)N2C[C@@H]3CCC[C@@H]3[C@H]2C(=O)N[C@H](C#N)C[C@@H]2CCNC2=O)[nH]c1C. The zero-order valence-corrected chi connectivity index (χ0v) is 19.6. The van der Waals surface area contributed by atoms with Crippen molar-refractivity contribution < 1.29 is 23.9 Å². The van der Waals surface area contributed by atoms with Crippen molar-refractivity contribution in [2.45, 2.75) is 58.0 Å². The monoisotopic (exact) mass is 469 g/mol. The first-order chi connectivity index (χ1) is 16.3. The van der Waals surface area contributed by atoms with Gasteiger partial charge in [0.25, 0.3) is 5.91 Å². The summed E-state index contributed by atoms with van der Waals surface area (Å²) in [5.74, 6) is -1.36. The molecule has 3 amide bonds. The van der Waals surface area contributed by atoms with E-state index in [0.717, 1.165) is 19.3 Å². The zero-order valence-electron chi connectivity index (χ0n) is 19.6. The number of hydrogen-bond acceptors (Lipinski definition) is 6. The summed E-state index contributed by atoms with van der Waals surface area (Å²) in [5, 5.41) is 15.2. The molecule has 10 nitrogen and oxygen atoms in total. The number of carbonyl (C=O) groups excluding carboxylic acids is 4. The molecule has 0 aromatic carbocycles. The van der Waals surface area contributed by atoms with E-state index in [1.54, 1.807) is 18.7 Å². The minimum absolute atomic E-state index is 0.0265. The van der Waals surface area contributed by atoms with E-state index in [1.165, 1.54) is 6.07 Å². The quantitative estimate of drug-likeness (QED) is 0.513. The molecular formula is C24H31N5O5. The number of nitrogens with zero attached hydrogens (tertiary/aromatic N) is 2. The van der Waals surface area contributed by atoms with Crippen LogP contribution in [0.2, 0.25) is 0 Å². The third-order valence-electron chi connectivity index (χ3n) is 7.32. The highest BCUT2D eigenvalue weighted by atomic mass is 16.5. The van der Waals surface area contributed by atoms with E-state index in [1.807, 2.05) is 0 Å². The summed E-state index contributed by atoms with van der Waals surface area (Å²) >= 11 is 0. The van der Waals surface area contributed by atoms with Crippen LogP contribution in [0.1, 0.15) is 65.6 Å². The van der Waals surface area contributed by atoms with Crippen LogP contribution in [0, 0.1) is 36.0 Å². The van der Waals surface area contributed by atoms with Gasteiger partial charge < -0.3 is 25.3 Å². The third kappa shape index (κ3) is 4.52. The van der Waals surface area contributed by atoms with Gasteiger partial charge in [-0.25, -0.2) is 4.79 Å². The molecule has 1 aliphatic carbocycles. The highest BCUT2D eigenvalue weighted by molar-refractivity contribution is 6.00. The Morgan fingerprint density at radius 1 is 1.32 bits per heavy atom. The summed E-state index contributed by atoms with van der Waals surface area (Å²) in [6, 6.07) is 2.09. The number of esters is 1. The first kappa shape index (κ1) is 23.8. The third-order valence-corrected chi connectivity index (χ3v) is 7.32. The zero-order chi connectivity index (χ0) is 24.4. The molecular weight excluding hydrogens is 438 g/mol. The summed E-state index contributed by atoms with van der Waals surface area (Å²) in [4.78, 5) is 55.5. The molecule has 1 saturated carbocycles. The molecule has 182 valence electrons. The molecule has 5 atom stereocenters. The number of nitriles is 1. The summed E-state index contributed by atoms with van der Waals surface area (Å²) in [6.07, 6.45) is 3.68. The first-order valence-corrected chi connectivity index (χ1v) is 12.0. The molecule has 3 aliphatic rings. The number of H-pyrrole nitrogens is 1. The fraction of sp³-hybridized carbons (Fsp3) is 0.625. The van der Waals surface area contributed by atoms with Crippen molar-refractivity contribution in [2.75, 3.05) is 19.7 Å². The Bertz CT molecular complexity index is 1030. The second-order valence-corrected chi connectivity index (χ2v) is 9.40. The molecule has 4 rings (SSSR count). The normalized spacial score (nSPS) is 26.5. The fourth-order valence-electron chi connectivity index (χ4n) is 5.65. The number of fused-ring (bicyclic) bond motifs is 1. The molecule has 34 heavy (non-hydrogen) atoms. The van der Waals surface area contributed by atoms with Gasteiger partial charge in [-0.05, 0) is 57.4 Å². The number of amides is 3. The standard InChI is InChI=1S/C24H31N5O5/c1-3-34-24(33)18-10-19(27-13(18)2)23(32)29-12-15-5-4-6-17(15)20(29)22(31)28-16(11-25)9-14-7-8-26-21(14)30/h10,14-17,20,27H,3-9,12H2,1-2H3,(H,26,30)(H,28,31)/t14-,15-,16-,17-,20-/m0/s1. The molecule has 3 fully saturated rings. The Morgan fingerprint density at radius 3 is 2.79 bits per heavy atom. The minimum atomic E-state index is -0.804. The van der Waals surface area contributed by atoms with Crippen LogP contribution in [-0.2, 0) is 14.3 Å². The van der Waals surface area contributed by atoms with Gasteiger partial charge in [-0.3, -0.25) is 14.4 Å². The van der Waals surface area contributed by atoms with E-state index in [9.17, 15) is 24.4 Å². The minimum Gasteiger partial charge on any atom is -0.462 e. The van der Waals surface area contributed by atoms with Gasteiger partial charge in [0, 0.05) is 24.7 Å². The predicted molar refractivity (Wildman–Crippen MR) is 120 cm³/mol. The summed E-state index contributed by atoms with van der Waals surface area (Å²) in [6.45, 7) is 4.67. The number of carbonyl (C=O) groups is 4. The lowest BCUT2D eigenvalue weighted by Gasteiger charge is -2.28. The summed E-state index contributed by atoms with van der Waals surface area (Å²) < 4.78 is 5.06. The number of likely N-dealkylation sites (tertiary alicyclic amines) is 1. The number of aromatic nitrogens is 1. The van der Waals surface area contributed by atoms with Crippen molar-refractivity contribution in [3.63, 3.8) is 0 Å². The Hall–Kier alpha value is -3.35. The van der Waals surface area contributed by atoms with E-state index in [4.69, 9.17) is 4.74 Å². The van der Waals surface area contributed by atoms with Gasteiger partial charge >= 0.3 is 5.97 Å². The Labute approximate surface area is 198 Å². The molecule has 1 aromatic rings. The van der Waals surface area contributed by atoms with Gasteiger partial charge in [0.1, 0.15) is 17.8 Å². The van der Waals surface area contributed by atoms with Crippen molar-refractivity contribution >= 4 is 23.7 Å². The maximum Gasteiger partial charge on any atom is 0.339 e. The van der Waals surface area contributed by atoms with Crippen LogP contribution in [0.3, 0.4) is 0 Å². The number of ether oxygens (including phenoxy) is 1. The topological polar surface area (TPSA) is 144 Å². The number of aromatic amines is 1. The smallest absolute Gasteiger partial charge is 0.339 e. The molecule has 0 spiro atoms. The molecule has 0 radical (unpaired) electrons. The predicted octanol–water partition coefficient (Wildman–Crippen LogP) is 1.28. The van der Waals surface area contributed by atoms with E-state index in [0.29, 0.717) is 30.8 Å². The molecule has 0 unspecified atom stereocenters. The van der Waals surface area contributed by atoms with Gasteiger partial charge in [-0.2, -0.15) is 5.26 Å². The van der Waals surface area contributed by atoms with Crippen molar-refractivity contribution in [1.82, 2.24) is 20.5 Å². The summed E-state index contributed by atoms with van der Waals surface area (Å²) in [7, 11) is 0. The molecule has 3 N–H and O–H groups in total.